The molecule has 70 valence electrons. The number of hydrogen-bond acceptors (Lipinski definition) is 0. The first kappa shape index (κ1) is 9.90. The molecule has 0 heterocycles. The Bertz CT molecular complexity index is 327. The molecule has 0 amide bonds. The molecule has 0 aliphatic carbocycles. The fourth-order valence-corrected chi connectivity index (χ4v) is 1.05. The van der Waals surface area contributed by atoms with Crippen LogP contribution in [0.2, 0.25) is 0 Å². The van der Waals surface area contributed by atoms with E-state index >= 15 is 0 Å². The summed E-state index contributed by atoms with van der Waals surface area (Å²) in [6, 6.07) is 3.41. The minimum absolute atomic E-state index is 0.122. The summed E-state index contributed by atoms with van der Waals surface area (Å²) >= 11 is 0. The molecule has 0 radical (unpaired) electrons. The molecule has 0 saturated carbocycles. The maximum absolute atomic E-state index is 13.2. The molecular weight excluding hydrogens is 170 g/mol. The predicted octanol–water partition coefficient (Wildman–Crippen LogP) is 3.63. The summed E-state index contributed by atoms with van der Waals surface area (Å²) in [5.74, 6) is -0.727. The van der Waals surface area contributed by atoms with Crippen molar-refractivity contribution in [1.29, 1.82) is 0 Å². The van der Waals surface area contributed by atoms with E-state index in [2.05, 4.69) is 6.58 Å². The number of rotatable bonds is 2. The Hall–Kier alpha value is -1.18. The van der Waals surface area contributed by atoms with Crippen molar-refractivity contribution < 1.29 is 8.78 Å². The number of halogens is 2. The van der Waals surface area contributed by atoms with E-state index < -0.39 is 11.6 Å². The van der Waals surface area contributed by atoms with Crippen LogP contribution in [0.25, 0.3) is 5.57 Å². The predicted molar refractivity (Wildman–Crippen MR) is 50.2 cm³/mol. The first-order valence-corrected chi connectivity index (χ1v) is 4.16. The molecular formula is C11H12F2. The lowest BCUT2D eigenvalue weighted by Crippen LogP contribution is -1.96. The highest BCUT2D eigenvalue weighted by atomic mass is 19.1. The summed E-state index contributed by atoms with van der Waals surface area (Å²) < 4.78 is 25.9. The van der Waals surface area contributed by atoms with Gasteiger partial charge in [0.2, 0.25) is 0 Å². The summed E-state index contributed by atoms with van der Waals surface area (Å²) in [6.07, 6.45) is 0. The molecule has 0 aromatic heterocycles. The normalized spacial score (nSPS) is 10.5. The maximum Gasteiger partial charge on any atom is 0.130 e. The molecule has 1 rings (SSSR count). The van der Waals surface area contributed by atoms with E-state index in [1.807, 2.05) is 13.8 Å². The van der Waals surface area contributed by atoms with E-state index in [-0.39, 0.29) is 11.5 Å². The SMILES string of the molecule is C=C(c1cc(F)ccc1F)C(C)C. The van der Waals surface area contributed by atoms with E-state index in [4.69, 9.17) is 0 Å². The second kappa shape index (κ2) is 3.69. The molecule has 0 spiro atoms. The lowest BCUT2D eigenvalue weighted by molar-refractivity contribution is 0.594. The molecule has 0 nitrogen and oxygen atoms in total. The van der Waals surface area contributed by atoms with E-state index in [1.54, 1.807) is 0 Å². The van der Waals surface area contributed by atoms with Crippen molar-refractivity contribution in [1.82, 2.24) is 0 Å². The van der Waals surface area contributed by atoms with Crippen molar-refractivity contribution in [2.75, 3.05) is 0 Å². The van der Waals surface area contributed by atoms with E-state index in [0.717, 1.165) is 12.1 Å². The van der Waals surface area contributed by atoms with Crippen LogP contribution in [0.4, 0.5) is 8.78 Å². The van der Waals surface area contributed by atoms with Gasteiger partial charge in [-0.3, -0.25) is 0 Å². The molecule has 0 aliphatic rings. The highest BCUT2D eigenvalue weighted by molar-refractivity contribution is 5.65. The fraction of sp³-hybridized carbons (Fsp3) is 0.273. The molecule has 0 fully saturated rings. The largest absolute Gasteiger partial charge is 0.207 e. The van der Waals surface area contributed by atoms with Crippen molar-refractivity contribution in [2.45, 2.75) is 13.8 Å². The summed E-state index contributed by atoms with van der Waals surface area (Å²) in [7, 11) is 0. The van der Waals surface area contributed by atoms with Gasteiger partial charge in [-0.25, -0.2) is 8.78 Å². The van der Waals surface area contributed by atoms with Crippen LogP contribution in [-0.2, 0) is 0 Å². The van der Waals surface area contributed by atoms with Crippen molar-refractivity contribution in [3.05, 3.63) is 42.0 Å². The third-order valence-corrected chi connectivity index (χ3v) is 1.97. The summed E-state index contributed by atoms with van der Waals surface area (Å²) in [4.78, 5) is 0. The van der Waals surface area contributed by atoms with Crippen LogP contribution >= 0.6 is 0 Å². The Labute approximate surface area is 76.9 Å². The quantitative estimate of drug-likeness (QED) is 0.655. The van der Waals surface area contributed by atoms with Gasteiger partial charge >= 0.3 is 0 Å². The van der Waals surface area contributed by atoms with Crippen molar-refractivity contribution in [3.63, 3.8) is 0 Å². The van der Waals surface area contributed by atoms with Gasteiger partial charge in [-0.2, -0.15) is 0 Å². The van der Waals surface area contributed by atoms with Gasteiger partial charge in [0.1, 0.15) is 11.6 Å². The van der Waals surface area contributed by atoms with Gasteiger partial charge in [0, 0.05) is 5.56 Å². The van der Waals surface area contributed by atoms with Crippen LogP contribution in [0.5, 0.6) is 0 Å². The Morgan fingerprint density at radius 3 is 2.46 bits per heavy atom. The summed E-state index contributed by atoms with van der Waals surface area (Å²) in [6.45, 7) is 7.51. The van der Waals surface area contributed by atoms with Gasteiger partial charge < -0.3 is 0 Å². The molecule has 0 unspecified atom stereocenters. The van der Waals surface area contributed by atoms with E-state index in [1.165, 1.54) is 6.07 Å². The molecule has 0 atom stereocenters. The van der Waals surface area contributed by atoms with Gasteiger partial charge in [0.15, 0.2) is 0 Å². The molecule has 0 bridgehead atoms. The molecule has 2 heteroatoms. The summed E-state index contributed by atoms with van der Waals surface area (Å²) in [5, 5.41) is 0. The average Bonchev–Trinajstić information content (AvgIpc) is 2.08. The van der Waals surface area contributed by atoms with Gasteiger partial charge in [0.25, 0.3) is 0 Å². The maximum atomic E-state index is 13.2. The molecule has 0 saturated heterocycles. The second-order valence-corrected chi connectivity index (χ2v) is 3.30. The van der Waals surface area contributed by atoms with Crippen molar-refractivity contribution >= 4 is 5.57 Å². The second-order valence-electron chi connectivity index (χ2n) is 3.30. The zero-order valence-electron chi connectivity index (χ0n) is 7.77. The third kappa shape index (κ3) is 2.14. The topological polar surface area (TPSA) is 0 Å². The lowest BCUT2D eigenvalue weighted by atomic mass is 9.97. The van der Waals surface area contributed by atoms with Gasteiger partial charge in [-0.15, -0.1) is 0 Å². The minimum atomic E-state index is -0.432. The van der Waals surface area contributed by atoms with Crippen LogP contribution in [-0.4, -0.2) is 0 Å². The zero-order valence-corrected chi connectivity index (χ0v) is 7.77. The van der Waals surface area contributed by atoms with E-state index in [9.17, 15) is 8.78 Å². The zero-order chi connectivity index (χ0) is 10.0. The smallest absolute Gasteiger partial charge is 0.130 e. The first-order chi connectivity index (χ1) is 6.02. The Morgan fingerprint density at radius 2 is 1.92 bits per heavy atom. The highest BCUT2D eigenvalue weighted by Gasteiger charge is 2.09. The van der Waals surface area contributed by atoms with Gasteiger partial charge in [0.05, 0.1) is 0 Å². The van der Waals surface area contributed by atoms with Gasteiger partial charge in [-0.1, -0.05) is 20.4 Å². The van der Waals surface area contributed by atoms with Crippen LogP contribution in [0.15, 0.2) is 24.8 Å². The van der Waals surface area contributed by atoms with E-state index in [0.29, 0.717) is 5.57 Å². The number of benzene rings is 1. The number of hydrogen-bond donors (Lipinski definition) is 0. The van der Waals surface area contributed by atoms with Crippen LogP contribution in [0.1, 0.15) is 19.4 Å². The molecule has 1 aromatic rings. The Kier molecular flexibility index (Phi) is 2.81. The van der Waals surface area contributed by atoms with Crippen LogP contribution < -0.4 is 0 Å². The van der Waals surface area contributed by atoms with Crippen molar-refractivity contribution in [2.24, 2.45) is 5.92 Å². The van der Waals surface area contributed by atoms with Crippen molar-refractivity contribution in [3.8, 4) is 0 Å². The first-order valence-electron chi connectivity index (χ1n) is 4.16. The van der Waals surface area contributed by atoms with Crippen LogP contribution in [0.3, 0.4) is 0 Å². The minimum Gasteiger partial charge on any atom is -0.207 e. The fourth-order valence-electron chi connectivity index (χ4n) is 1.05. The van der Waals surface area contributed by atoms with Gasteiger partial charge in [-0.05, 0) is 29.7 Å². The third-order valence-electron chi connectivity index (χ3n) is 1.97. The monoisotopic (exact) mass is 182 g/mol. The number of allylic oxidation sites excluding steroid dienone is 1. The van der Waals surface area contributed by atoms with Crippen LogP contribution in [0, 0.1) is 17.6 Å². The molecule has 0 N–H and O–H groups in total. The molecule has 1 aromatic carbocycles. The summed E-state index contributed by atoms with van der Waals surface area (Å²) in [5.41, 5.74) is 0.895. The Balaban J connectivity index is 3.13. The molecule has 0 aliphatic heterocycles. The molecule has 13 heavy (non-hydrogen) atoms. The lowest BCUT2D eigenvalue weighted by Gasteiger charge is -2.10. The highest BCUT2D eigenvalue weighted by Crippen LogP contribution is 2.24. The standard InChI is InChI=1S/C11H12F2/c1-7(2)8(3)10-6-9(12)4-5-11(10)13/h4-7H,3H2,1-2H3. The average molecular weight is 182 g/mol. The Morgan fingerprint density at radius 1 is 1.31 bits per heavy atom.